The number of thiocarbonyl (C=S) groups is 1. The van der Waals surface area contributed by atoms with Crippen molar-refractivity contribution in [1.29, 1.82) is 0 Å². The molecule has 2 aromatic carbocycles. The van der Waals surface area contributed by atoms with E-state index in [9.17, 15) is 4.79 Å². The summed E-state index contributed by atoms with van der Waals surface area (Å²) >= 11 is 25.6. The van der Waals surface area contributed by atoms with Crippen LogP contribution in [0.4, 0.5) is 5.69 Å². The average molecular weight is 589 g/mol. The van der Waals surface area contributed by atoms with Gasteiger partial charge in [0.25, 0.3) is 5.91 Å². The van der Waals surface area contributed by atoms with Crippen molar-refractivity contribution < 1.29 is 14.3 Å². The number of carbonyl (C=O) groups excluding carboxylic acids is 1. The zero-order chi connectivity index (χ0) is 21.6. The standard InChI is InChI=1S/C18H17Cl3IN3O3S/c1-27-13-8-7-10(9-14(13)28-2)15(26)24-16(18(19,20)21)25-17(29)23-12-6-4-3-5-11(12)22/h3-9,16H,1-2H3,(H,24,26)(H2,23,25,29). The van der Waals surface area contributed by atoms with E-state index in [1.807, 2.05) is 24.3 Å². The van der Waals surface area contributed by atoms with E-state index < -0.39 is 15.9 Å². The van der Waals surface area contributed by atoms with E-state index in [4.69, 9.17) is 56.5 Å². The summed E-state index contributed by atoms with van der Waals surface area (Å²) in [5.41, 5.74) is 1.07. The van der Waals surface area contributed by atoms with Gasteiger partial charge in [-0.3, -0.25) is 4.79 Å². The molecule has 0 bridgehead atoms. The Kier molecular flexibility index (Phi) is 8.90. The van der Waals surface area contributed by atoms with Crippen molar-refractivity contribution in [2.75, 3.05) is 19.5 Å². The number of para-hydroxylation sites is 1. The Morgan fingerprint density at radius 1 is 1.07 bits per heavy atom. The fourth-order valence-electron chi connectivity index (χ4n) is 2.24. The van der Waals surface area contributed by atoms with Crippen LogP contribution in [0.15, 0.2) is 42.5 Å². The molecule has 0 spiro atoms. The van der Waals surface area contributed by atoms with Crippen LogP contribution in [0.1, 0.15) is 10.4 Å². The highest BCUT2D eigenvalue weighted by Gasteiger charge is 2.35. The van der Waals surface area contributed by atoms with E-state index in [2.05, 4.69) is 38.5 Å². The summed E-state index contributed by atoms with van der Waals surface area (Å²) in [5, 5.41) is 8.63. The summed E-state index contributed by atoms with van der Waals surface area (Å²) in [6.45, 7) is 0. The van der Waals surface area contributed by atoms with Gasteiger partial charge in [0, 0.05) is 9.13 Å². The first-order valence-corrected chi connectivity index (χ1v) is 10.7. The molecular formula is C18H17Cl3IN3O3S. The maximum absolute atomic E-state index is 12.7. The van der Waals surface area contributed by atoms with Crippen LogP contribution in [-0.4, -0.2) is 35.2 Å². The molecule has 3 N–H and O–H groups in total. The fraction of sp³-hybridized carbons (Fsp3) is 0.222. The molecule has 1 unspecified atom stereocenters. The molecular weight excluding hydrogens is 572 g/mol. The molecule has 0 fully saturated rings. The lowest BCUT2D eigenvalue weighted by Crippen LogP contribution is -2.56. The summed E-state index contributed by atoms with van der Waals surface area (Å²) in [6.07, 6.45) is -1.10. The molecule has 0 aliphatic rings. The minimum atomic E-state index is -1.87. The number of hydrogen-bond donors (Lipinski definition) is 3. The summed E-state index contributed by atoms with van der Waals surface area (Å²) in [5.74, 6) is 0.393. The molecule has 6 nitrogen and oxygen atoms in total. The van der Waals surface area contributed by atoms with Crippen molar-refractivity contribution in [1.82, 2.24) is 10.6 Å². The zero-order valence-electron chi connectivity index (χ0n) is 15.3. The van der Waals surface area contributed by atoms with Crippen molar-refractivity contribution in [2.24, 2.45) is 0 Å². The number of hydrogen-bond acceptors (Lipinski definition) is 4. The molecule has 1 atom stereocenters. The SMILES string of the molecule is COc1ccc(C(=O)NC(NC(=S)Nc2ccccc2I)C(Cl)(Cl)Cl)cc1OC. The lowest BCUT2D eigenvalue weighted by molar-refractivity contribution is 0.0934. The van der Waals surface area contributed by atoms with Crippen molar-refractivity contribution in [3.63, 3.8) is 0 Å². The quantitative estimate of drug-likeness (QED) is 0.196. The van der Waals surface area contributed by atoms with Gasteiger partial charge in [0.15, 0.2) is 16.6 Å². The first-order chi connectivity index (χ1) is 13.7. The van der Waals surface area contributed by atoms with Crippen LogP contribution < -0.4 is 25.4 Å². The molecule has 2 rings (SSSR count). The largest absolute Gasteiger partial charge is 0.493 e. The normalized spacial score (nSPS) is 11.9. The summed E-state index contributed by atoms with van der Waals surface area (Å²) in [4.78, 5) is 12.7. The monoisotopic (exact) mass is 587 g/mol. The number of halogens is 4. The number of ether oxygens (including phenoxy) is 2. The molecule has 0 heterocycles. The highest BCUT2D eigenvalue weighted by molar-refractivity contribution is 14.1. The molecule has 1 amide bonds. The van der Waals surface area contributed by atoms with E-state index in [0.29, 0.717) is 17.1 Å². The first kappa shape index (κ1) is 24.1. The second-order valence-electron chi connectivity index (χ2n) is 5.60. The van der Waals surface area contributed by atoms with Crippen molar-refractivity contribution in [2.45, 2.75) is 9.96 Å². The Balaban J connectivity index is 2.13. The Hall–Kier alpha value is -1.20. The first-order valence-electron chi connectivity index (χ1n) is 8.07. The van der Waals surface area contributed by atoms with Gasteiger partial charge in [-0.1, -0.05) is 46.9 Å². The van der Waals surface area contributed by atoms with Gasteiger partial charge in [-0.05, 0) is 65.1 Å². The predicted octanol–water partition coefficient (Wildman–Crippen LogP) is 4.72. The van der Waals surface area contributed by atoms with Gasteiger partial charge in [-0.2, -0.15) is 0 Å². The average Bonchev–Trinajstić information content (AvgIpc) is 2.67. The number of anilines is 1. The van der Waals surface area contributed by atoms with Crippen LogP contribution in [0, 0.1) is 3.57 Å². The van der Waals surface area contributed by atoms with E-state index in [1.54, 1.807) is 12.1 Å². The second kappa shape index (κ2) is 10.7. The van der Waals surface area contributed by atoms with E-state index in [-0.39, 0.29) is 5.11 Å². The molecule has 11 heteroatoms. The third-order valence-corrected chi connectivity index (χ3v) is 5.46. The van der Waals surface area contributed by atoms with Gasteiger partial charge < -0.3 is 25.4 Å². The Bertz CT molecular complexity index is 896. The van der Waals surface area contributed by atoms with E-state index in [1.165, 1.54) is 20.3 Å². The van der Waals surface area contributed by atoms with Gasteiger partial charge in [0.1, 0.15) is 6.17 Å². The Labute approximate surface area is 202 Å². The van der Waals surface area contributed by atoms with E-state index >= 15 is 0 Å². The number of benzene rings is 2. The smallest absolute Gasteiger partial charge is 0.253 e. The van der Waals surface area contributed by atoms with Crippen LogP contribution in [0.25, 0.3) is 0 Å². The Morgan fingerprint density at radius 2 is 1.72 bits per heavy atom. The van der Waals surface area contributed by atoms with Crippen LogP contribution in [0.5, 0.6) is 11.5 Å². The summed E-state index contributed by atoms with van der Waals surface area (Å²) < 4.78 is 9.46. The number of rotatable bonds is 6. The lowest BCUT2D eigenvalue weighted by atomic mass is 10.2. The molecule has 0 radical (unpaired) electrons. The summed E-state index contributed by atoms with van der Waals surface area (Å²) in [6, 6.07) is 12.2. The minimum Gasteiger partial charge on any atom is -0.493 e. The fourth-order valence-corrected chi connectivity index (χ4v) is 3.32. The summed E-state index contributed by atoms with van der Waals surface area (Å²) in [7, 11) is 2.97. The van der Waals surface area contributed by atoms with E-state index in [0.717, 1.165) is 9.26 Å². The number of amides is 1. The predicted molar refractivity (Wildman–Crippen MR) is 130 cm³/mol. The highest BCUT2D eigenvalue weighted by atomic mass is 127. The molecule has 29 heavy (non-hydrogen) atoms. The van der Waals surface area contributed by atoms with Crippen molar-refractivity contribution in [3.8, 4) is 11.5 Å². The molecule has 156 valence electrons. The maximum atomic E-state index is 12.7. The third-order valence-electron chi connectivity index (χ3n) is 3.65. The molecule has 0 aliphatic carbocycles. The van der Waals surface area contributed by atoms with Crippen LogP contribution in [0.2, 0.25) is 0 Å². The topological polar surface area (TPSA) is 71.6 Å². The van der Waals surface area contributed by atoms with Crippen LogP contribution in [0.3, 0.4) is 0 Å². The molecule has 2 aromatic rings. The van der Waals surface area contributed by atoms with Gasteiger partial charge in [0.05, 0.1) is 19.9 Å². The lowest BCUT2D eigenvalue weighted by Gasteiger charge is -2.28. The van der Waals surface area contributed by atoms with Crippen molar-refractivity contribution in [3.05, 3.63) is 51.6 Å². The van der Waals surface area contributed by atoms with Gasteiger partial charge in [-0.15, -0.1) is 0 Å². The van der Waals surface area contributed by atoms with Gasteiger partial charge >= 0.3 is 0 Å². The molecule has 0 saturated carbocycles. The number of methoxy groups -OCH3 is 2. The number of alkyl halides is 3. The maximum Gasteiger partial charge on any atom is 0.253 e. The van der Waals surface area contributed by atoms with Gasteiger partial charge in [-0.25, -0.2) is 0 Å². The van der Waals surface area contributed by atoms with Crippen LogP contribution >= 0.6 is 69.6 Å². The van der Waals surface area contributed by atoms with Crippen molar-refractivity contribution >= 4 is 86.3 Å². The third kappa shape index (κ3) is 6.92. The number of carbonyl (C=O) groups is 1. The number of nitrogens with one attached hydrogen (secondary N) is 3. The zero-order valence-corrected chi connectivity index (χ0v) is 20.5. The minimum absolute atomic E-state index is 0.179. The highest BCUT2D eigenvalue weighted by Crippen LogP contribution is 2.30. The molecule has 0 saturated heterocycles. The molecule has 0 aromatic heterocycles. The second-order valence-corrected chi connectivity index (χ2v) is 9.54. The van der Waals surface area contributed by atoms with Gasteiger partial charge in [0.2, 0.25) is 3.79 Å². The molecule has 0 aliphatic heterocycles. The van der Waals surface area contributed by atoms with Crippen LogP contribution in [-0.2, 0) is 0 Å². The Morgan fingerprint density at radius 3 is 2.31 bits per heavy atom.